The first-order valence-electron chi connectivity index (χ1n) is 9.27. The second-order valence-electron chi connectivity index (χ2n) is 6.79. The van der Waals surface area contributed by atoms with Crippen LogP contribution in [-0.4, -0.2) is 36.4 Å². The quantitative estimate of drug-likeness (QED) is 0.748. The van der Waals surface area contributed by atoms with Crippen LogP contribution in [0.5, 0.6) is 0 Å². The van der Waals surface area contributed by atoms with Gasteiger partial charge in [-0.15, -0.1) is 0 Å². The van der Waals surface area contributed by atoms with E-state index >= 15 is 0 Å². The van der Waals surface area contributed by atoms with Crippen LogP contribution >= 0.6 is 0 Å². The number of aromatic nitrogens is 5. The van der Waals surface area contributed by atoms with Gasteiger partial charge in [0.2, 0.25) is 0 Å². The summed E-state index contributed by atoms with van der Waals surface area (Å²) in [5.74, 6) is 1.49. The number of nitrogens with one attached hydrogen (secondary N) is 1. The first-order valence-corrected chi connectivity index (χ1v) is 9.27. The van der Waals surface area contributed by atoms with Crippen LogP contribution < -0.4 is 5.56 Å². The van der Waals surface area contributed by atoms with Crippen LogP contribution in [0.3, 0.4) is 0 Å². The molecule has 0 fully saturated rings. The van der Waals surface area contributed by atoms with Gasteiger partial charge >= 0.3 is 0 Å². The molecule has 1 aliphatic rings. The third-order valence-corrected chi connectivity index (χ3v) is 4.74. The molecule has 0 bridgehead atoms. The molecule has 7 heteroatoms. The van der Waals surface area contributed by atoms with Crippen molar-refractivity contribution >= 4 is 0 Å². The molecular formula is C20H22N6O. The van der Waals surface area contributed by atoms with E-state index in [4.69, 9.17) is 0 Å². The first kappa shape index (κ1) is 17.5. The largest absolute Gasteiger partial charge is 0.306 e. The van der Waals surface area contributed by atoms with Crippen molar-refractivity contribution in [2.24, 2.45) is 0 Å². The van der Waals surface area contributed by atoms with Gasteiger partial charge in [0.1, 0.15) is 11.6 Å². The molecule has 4 heterocycles. The second-order valence-corrected chi connectivity index (χ2v) is 6.79. The predicted octanol–water partition coefficient (Wildman–Crippen LogP) is 2.13. The monoisotopic (exact) mass is 362 g/mol. The standard InChI is InChI=1S/C20H22N6O/c1-2-3-18-22-10-14(11-23-18)12-26-9-6-17-16(13-26)20(27)25-19(24-17)15-4-7-21-8-5-15/h4-5,7-8,10-11H,2-3,6,9,12-13H2,1H3,(H,24,25,27). The number of hydrogen-bond acceptors (Lipinski definition) is 6. The second kappa shape index (κ2) is 7.75. The summed E-state index contributed by atoms with van der Waals surface area (Å²) in [4.78, 5) is 35.3. The van der Waals surface area contributed by atoms with Crippen molar-refractivity contribution in [1.29, 1.82) is 0 Å². The Morgan fingerprint density at radius 3 is 2.70 bits per heavy atom. The third-order valence-electron chi connectivity index (χ3n) is 4.74. The summed E-state index contributed by atoms with van der Waals surface area (Å²) < 4.78 is 0. The Labute approximate surface area is 157 Å². The highest BCUT2D eigenvalue weighted by atomic mass is 16.1. The number of aryl methyl sites for hydroxylation is 1. The molecule has 4 rings (SSSR count). The van der Waals surface area contributed by atoms with Crippen LogP contribution in [0.25, 0.3) is 11.4 Å². The van der Waals surface area contributed by atoms with Crippen molar-refractivity contribution in [3.8, 4) is 11.4 Å². The average molecular weight is 362 g/mol. The van der Waals surface area contributed by atoms with Crippen molar-refractivity contribution in [2.45, 2.75) is 39.3 Å². The fourth-order valence-electron chi connectivity index (χ4n) is 3.34. The Balaban J connectivity index is 1.51. The van der Waals surface area contributed by atoms with Crippen LogP contribution in [0.2, 0.25) is 0 Å². The maximum absolute atomic E-state index is 12.6. The van der Waals surface area contributed by atoms with E-state index in [1.807, 2.05) is 24.5 Å². The van der Waals surface area contributed by atoms with Crippen molar-refractivity contribution in [2.75, 3.05) is 6.54 Å². The van der Waals surface area contributed by atoms with Crippen molar-refractivity contribution in [3.05, 3.63) is 69.9 Å². The van der Waals surface area contributed by atoms with Gasteiger partial charge in [0, 0.05) is 68.4 Å². The molecule has 27 heavy (non-hydrogen) atoms. The molecule has 138 valence electrons. The predicted molar refractivity (Wildman–Crippen MR) is 102 cm³/mol. The van der Waals surface area contributed by atoms with E-state index in [9.17, 15) is 4.79 Å². The molecule has 0 radical (unpaired) electrons. The van der Waals surface area contributed by atoms with Gasteiger partial charge in [-0.3, -0.25) is 14.7 Å². The fraction of sp³-hybridized carbons (Fsp3) is 0.350. The number of hydrogen-bond donors (Lipinski definition) is 1. The minimum absolute atomic E-state index is 0.0638. The van der Waals surface area contributed by atoms with E-state index in [2.05, 4.69) is 36.7 Å². The highest BCUT2D eigenvalue weighted by Gasteiger charge is 2.21. The smallest absolute Gasteiger partial charge is 0.255 e. The van der Waals surface area contributed by atoms with Gasteiger partial charge in [0.15, 0.2) is 0 Å². The molecule has 1 aliphatic heterocycles. The Bertz CT molecular complexity index is 968. The molecule has 0 aliphatic carbocycles. The molecule has 3 aromatic rings. The lowest BCUT2D eigenvalue weighted by molar-refractivity contribution is 0.241. The molecule has 0 unspecified atom stereocenters. The summed E-state index contributed by atoms with van der Waals surface area (Å²) in [6.45, 7) is 4.30. The fourth-order valence-corrected chi connectivity index (χ4v) is 3.34. The lowest BCUT2D eigenvalue weighted by Gasteiger charge is -2.27. The highest BCUT2D eigenvalue weighted by Crippen LogP contribution is 2.19. The van der Waals surface area contributed by atoms with Crippen LogP contribution in [0.15, 0.2) is 41.7 Å². The Kier molecular flexibility index (Phi) is 5.02. The summed E-state index contributed by atoms with van der Waals surface area (Å²) in [7, 11) is 0. The van der Waals surface area contributed by atoms with Crippen LogP contribution in [-0.2, 0) is 25.9 Å². The maximum atomic E-state index is 12.6. The van der Waals surface area contributed by atoms with Crippen molar-refractivity contribution in [3.63, 3.8) is 0 Å². The van der Waals surface area contributed by atoms with Gasteiger partial charge in [0.05, 0.1) is 11.3 Å². The normalized spacial score (nSPS) is 14.1. The zero-order valence-corrected chi connectivity index (χ0v) is 15.4. The van der Waals surface area contributed by atoms with Gasteiger partial charge in [-0.25, -0.2) is 15.0 Å². The lowest BCUT2D eigenvalue weighted by atomic mass is 10.1. The molecule has 7 nitrogen and oxygen atoms in total. The Morgan fingerprint density at radius 2 is 1.96 bits per heavy atom. The van der Waals surface area contributed by atoms with E-state index in [1.165, 1.54) is 0 Å². The van der Waals surface area contributed by atoms with Gasteiger partial charge in [0.25, 0.3) is 5.56 Å². The van der Waals surface area contributed by atoms with Gasteiger partial charge in [-0.1, -0.05) is 6.92 Å². The average Bonchev–Trinajstić information content (AvgIpc) is 2.71. The molecule has 0 saturated heterocycles. The number of fused-ring (bicyclic) bond motifs is 1. The van der Waals surface area contributed by atoms with Gasteiger partial charge in [-0.2, -0.15) is 0 Å². The molecule has 0 aromatic carbocycles. The zero-order valence-electron chi connectivity index (χ0n) is 15.4. The van der Waals surface area contributed by atoms with E-state index in [0.717, 1.165) is 60.6 Å². The van der Waals surface area contributed by atoms with E-state index in [-0.39, 0.29) is 5.56 Å². The topological polar surface area (TPSA) is 87.7 Å². The van der Waals surface area contributed by atoms with E-state index < -0.39 is 0 Å². The Hall–Kier alpha value is -2.93. The summed E-state index contributed by atoms with van der Waals surface area (Å²) in [5.41, 5.74) is 3.51. The van der Waals surface area contributed by atoms with Crippen LogP contribution in [0.1, 0.15) is 36.0 Å². The SMILES string of the molecule is CCCc1ncc(CN2CCc3nc(-c4ccncc4)[nH]c(=O)c3C2)cn1. The summed E-state index contributed by atoms with van der Waals surface area (Å²) in [6, 6.07) is 3.70. The lowest BCUT2D eigenvalue weighted by Crippen LogP contribution is -2.35. The molecule has 0 atom stereocenters. The number of aromatic amines is 1. The molecule has 0 saturated carbocycles. The van der Waals surface area contributed by atoms with Crippen LogP contribution in [0, 0.1) is 0 Å². The zero-order chi connectivity index (χ0) is 18.6. The van der Waals surface area contributed by atoms with E-state index in [0.29, 0.717) is 12.4 Å². The Morgan fingerprint density at radius 1 is 1.19 bits per heavy atom. The number of nitrogens with zero attached hydrogens (tertiary/aromatic N) is 5. The minimum Gasteiger partial charge on any atom is -0.306 e. The maximum Gasteiger partial charge on any atom is 0.255 e. The minimum atomic E-state index is -0.0638. The van der Waals surface area contributed by atoms with Crippen LogP contribution in [0.4, 0.5) is 0 Å². The summed E-state index contributed by atoms with van der Waals surface area (Å²) >= 11 is 0. The van der Waals surface area contributed by atoms with Gasteiger partial charge in [-0.05, 0) is 18.6 Å². The van der Waals surface area contributed by atoms with Crippen molar-refractivity contribution < 1.29 is 0 Å². The molecule has 0 spiro atoms. The highest BCUT2D eigenvalue weighted by molar-refractivity contribution is 5.54. The number of rotatable bonds is 5. The summed E-state index contributed by atoms with van der Waals surface area (Å²) in [6.07, 6.45) is 9.88. The molecule has 0 amide bonds. The molecule has 3 aromatic heterocycles. The number of pyridine rings is 1. The van der Waals surface area contributed by atoms with E-state index in [1.54, 1.807) is 12.4 Å². The first-order chi connectivity index (χ1) is 13.2. The molecule has 1 N–H and O–H groups in total. The molecular weight excluding hydrogens is 340 g/mol. The van der Waals surface area contributed by atoms with Gasteiger partial charge < -0.3 is 4.98 Å². The van der Waals surface area contributed by atoms with Crippen molar-refractivity contribution in [1.82, 2.24) is 29.8 Å². The number of H-pyrrole nitrogens is 1. The summed E-state index contributed by atoms with van der Waals surface area (Å²) in [5, 5.41) is 0. The third kappa shape index (κ3) is 3.93.